The van der Waals surface area contributed by atoms with Crippen LogP contribution in [0.3, 0.4) is 0 Å². The Kier molecular flexibility index (Phi) is 3.88. The number of nitro benzene ring substituents is 1. The molecule has 0 unspecified atom stereocenters. The van der Waals surface area contributed by atoms with E-state index in [1.807, 2.05) is 6.07 Å². The van der Waals surface area contributed by atoms with Gasteiger partial charge in [-0.1, -0.05) is 11.6 Å². The number of hydrogen-bond acceptors (Lipinski definition) is 7. The second-order valence-corrected chi connectivity index (χ2v) is 3.88. The zero-order valence-corrected chi connectivity index (χ0v) is 10.5. The maximum absolute atomic E-state index is 10.7. The van der Waals surface area contributed by atoms with Gasteiger partial charge in [-0.3, -0.25) is 10.1 Å². The third-order valence-corrected chi connectivity index (χ3v) is 2.57. The number of aromatic amines is 1. The molecule has 1 heterocycles. The van der Waals surface area contributed by atoms with E-state index in [-0.39, 0.29) is 27.8 Å². The van der Waals surface area contributed by atoms with E-state index in [1.54, 1.807) is 0 Å². The molecule has 2 rings (SSSR count). The summed E-state index contributed by atoms with van der Waals surface area (Å²) in [5.41, 5.74) is 0.266. The van der Waals surface area contributed by atoms with Gasteiger partial charge in [0.05, 0.1) is 15.6 Å². The summed E-state index contributed by atoms with van der Waals surface area (Å²) in [6.45, 7) is 0. The molecule has 0 aliphatic carbocycles. The summed E-state index contributed by atoms with van der Waals surface area (Å²) in [6, 6.07) is 5.79. The molecule has 0 amide bonds. The summed E-state index contributed by atoms with van der Waals surface area (Å²) < 4.78 is 0. The van der Waals surface area contributed by atoms with Crippen LogP contribution in [0, 0.1) is 21.4 Å². The Bertz CT molecular complexity index is 705. The molecule has 2 N–H and O–H groups in total. The number of nitrogens with zero attached hydrogens (tertiary/aromatic N) is 5. The molecule has 2 aromatic rings. The van der Waals surface area contributed by atoms with E-state index in [1.165, 1.54) is 24.4 Å². The Morgan fingerprint density at radius 2 is 2.40 bits per heavy atom. The van der Waals surface area contributed by atoms with Gasteiger partial charge < -0.3 is 5.32 Å². The Hall–Kier alpha value is -2.99. The van der Waals surface area contributed by atoms with Gasteiger partial charge in [0.2, 0.25) is 5.82 Å². The number of nitriles is 1. The van der Waals surface area contributed by atoms with Crippen LogP contribution in [0.2, 0.25) is 5.02 Å². The van der Waals surface area contributed by atoms with Gasteiger partial charge in [0, 0.05) is 18.3 Å². The number of non-ortho nitro benzene ring substituents is 1. The van der Waals surface area contributed by atoms with E-state index < -0.39 is 4.92 Å². The Morgan fingerprint density at radius 1 is 1.60 bits per heavy atom. The molecule has 100 valence electrons. The third-order valence-electron chi connectivity index (χ3n) is 2.24. The minimum absolute atomic E-state index is 0.0984. The first-order valence-electron chi connectivity index (χ1n) is 5.16. The fraction of sp³-hybridized carbons (Fsp3) is 0. The molecule has 0 saturated carbocycles. The van der Waals surface area contributed by atoms with Crippen LogP contribution in [0.25, 0.3) is 5.57 Å². The largest absolute Gasteiger partial charge is 0.359 e. The average Bonchev–Trinajstić information content (AvgIpc) is 2.95. The average molecular weight is 292 g/mol. The molecule has 1 aromatic heterocycles. The number of allylic oxidation sites excluding steroid dienone is 1. The van der Waals surface area contributed by atoms with E-state index in [0.29, 0.717) is 0 Å². The molecule has 20 heavy (non-hydrogen) atoms. The predicted molar refractivity (Wildman–Crippen MR) is 69.5 cm³/mol. The number of benzene rings is 1. The van der Waals surface area contributed by atoms with Crippen LogP contribution in [0.15, 0.2) is 24.4 Å². The summed E-state index contributed by atoms with van der Waals surface area (Å²) in [4.78, 5) is 10.1. The van der Waals surface area contributed by atoms with Crippen molar-refractivity contribution in [2.75, 3.05) is 5.32 Å². The van der Waals surface area contributed by atoms with Crippen LogP contribution in [-0.4, -0.2) is 25.5 Å². The van der Waals surface area contributed by atoms with Gasteiger partial charge in [0.25, 0.3) is 5.69 Å². The van der Waals surface area contributed by atoms with Crippen molar-refractivity contribution in [1.29, 1.82) is 5.26 Å². The number of hydrogen-bond donors (Lipinski definition) is 2. The van der Waals surface area contributed by atoms with Crippen molar-refractivity contribution < 1.29 is 4.92 Å². The van der Waals surface area contributed by atoms with E-state index in [0.717, 1.165) is 0 Å². The first-order valence-corrected chi connectivity index (χ1v) is 5.54. The van der Waals surface area contributed by atoms with Crippen LogP contribution in [0.1, 0.15) is 5.82 Å². The lowest BCUT2D eigenvalue weighted by molar-refractivity contribution is -0.384. The number of anilines is 1. The van der Waals surface area contributed by atoms with Gasteiger partial charge >= 0.3 is 0 Å². The van der Waals surface area contributed by atoms with Crippen molar-refractivity contribution in [3.63, 3.8) is 0 Å². The highest BCUT2D eigenvalue weighted by Gasteiger charge is 2.10. The van der Waals surface area contributed by atoms with Crippen molar-refractivity contribution >= 4 is 28.5 Å². The number of rotatable bonds is 4. The first kappa shape index (κ1) is 13.4. The molecule has 0 saturated heterocycles. The fourth-order valence-corrected chi connectivity index (χ4v) is 1.48. The minimum Gasteiger partial charge on any atom is -0.359 e. The normalized spacial score (nSPS) is 10.9. The van der Waals surface area contributed by atoms with Crippen LogP contribution in [0.5, 0.6) is 0 Å². The van der Waals surface area contributed by atoms with E-state index in [2.05, 4.69) is 25.9 Å². The molecule has 10 heteroatoms. The summed E-state index contributed by atoms with van der Waals surface area (Å²) >= 11 is 5.91. The maximum Gasteiger partial charge on any atom is 0.271 e. The number of nitrogens with one attached hydrogen (secondary N) is 2. The molecule has 1 aromatic carbocycles. The van der Waals surface area contributed by atoms with Gasteiger partial charge in [-0.05, 0) is 11.3 Å². The monoisotopic (exact) mass is 291 g/mol. The summed E-state index contributed by atoms with van der Waals surface area (Å²) in [5, 5.41) is 35.5. The lowest BCUT2D eigenvalue weighted by atomic mass is 10.2. The Balaban J connectivity index is 2.28. The highest BCUT2D eigenvalue weighted by Crippen LogP contribution is 2.27. The van der Waals surface area contributed by atoms with Gasteiger partial charge in [-0.2, -0.15) is 10.5 Å². The van der Waals surface area contributed by atoms with Crippen LogP contribution in [-0.2, 0) is 0 Å². The van der Waals surface area contributed by atoms with Crippen LogP contribution >= 0.6 is 11.6 Å². The molecule has 0 fully saturated rings. The molecular weight excluding hydrogens is 286 g/mol. The summed E-state index contributed by atoms with van der Waals surface area (Å²) in [6.07, 6.45) is 1.29. The van der Waals surface area contributed by atoms with Gasteiger partial charge in [-0.25, -0.2) is 0 Å². The molecule has 0 aliphatic heterocycles. The molecule has 9 nitrogen and oxygen atoms in total. The second-order valence-electron chi connectivity index (χ2n) is 3.47. The van der Waals surface area contributed by atoms with E-state index in [4.69, 9.17) is 16.9 Å². The zero-order valence-electron chi connectivity index (χ0n) is 9.74. The Labute approximate surface area is 117 Å². The molecule has 0 atom stereocenters. The van der Waals surface area contributed by atoms with Crippen molar-refractivity contribution in [2.24, 2.45) is 0 Å². The standard InChI is InChI=1S/C10H6ClN7O2/c11-8-2-1-7(18(19)20)3-9(8)13-5-6(4-12)10-14-16-17-15-10/h1-3,5,13H,(H,14,15,16,17). The fourth-order valence-electron chi connectivity index (χ4n) is 1.31. The zero-order chi connectivity index (χ0) is 14.5. The quantitative estimate of drug-likeness (QED) is 0.497. The molecule has 0 spiro atoms. The summed E-state index contributed by atoms with van der Waals surface area (Å²) in [7, 11) is 0. The van der Waals surface area contributed by atoms with Gasteiger partial charge in [0.15, 0.2) is 0 Å². The minimum atomic E-state index is -0.546. The Morgan fingerprint density at radius 3 is 3.00 bits per heavy atom. The van der Waals surface area contributed by atoms with Gasteiger partial charge in [-0.15, -0.1) is 10.2 Å². The molecule has 0 bridgehead atoms. The number of aromatic nitrogens is 4. The van der Waals surface area contributed by atoms with E-state index in [9.17, 15) is 10.1 Å². The van der Waals surface area contributed by atoms with Gasteiger partial charge in [0.1, 0.15) is 11.6 Å². The summed E-state index contributed by atoms with van der Waals surface area (Å²) in [5.74, 6) is 0.0987. The second kappa shape index (κ2) is 5.77. The van der Waals surface area contributed by atoms with Crippen LogP contribution < -0.4 is 5.32 Å². The van der Waals surface area contributed by atoms with Crippen molar-refractivity contribution in [3.8, 4) is 6.07 Å². The first-order chi connectivity index (χ1) is 9.61. The third kappa shape index (κ3) is 2.88. The van der Waals surface area contributed by atoms with E-state index >= 15 is 0 Å². The maximum atomic E-state index is 10.7. The number of halogens is 1. The lowest BCUT2D eigenvalue weighted by Crippen LogP contribution is -1.95. The number of H-pyrrole nitrogens is 1. The smallest absolute Gasteiger partial charge is 0.271 e. The lowest BCUT2D eigenvalue weighted by Gasteiger charge is -2.03. The predicted octanol–water partition coefficient (Wildman–Crippen LogP) is 1.74. The highest BCUT2D eigenvalue weighted by molar-refractivity contribution is 6.33. The van der Waals surface area contributed by atoms with Crippen LogP contribution in [0.4, 0.5) is 11.4 Å². The van der Waals surface area contributed by atoms with Crippen molar-refractivity contribution in [2.45, 2.75) is 0 Å². The van der Waals surface area contributed by atoms with Crippen molar-refractivity contribution in [1.82, 2.24) is 20.6 Å². The van der Waals surface area contributed by atoms with Crippen molar-refractivity contribution in [3.05, 3.63) is 45.4 Å². The molecule has 0 radical (unpaired) electrons. The SMILES string of the molecule is N#CC(=CNc1cc([N+](=O)[O-])ccc1Cl)c1nn[nH]n1. The number of nitro groups is 1. The topological polar surface area (TPSA) is 133 Å². The highest BCUT2D eigenvalue weighted by atomic mass is 35.5. The number of tetrazole rings is 1. The molecular formula is C10H6ClN7O2. The molecule has 0 aliphatic rings.